The molecule has 0 atom stereocenters. The first-order valence-corrected chi connectivity index (χ1v) is 17.2. The van der Waals surface area contributed by atoms with Gasteiger partial charge in [-0.2, -0.15) is 21.4 Å². The number of halogens is 1. The summed E-state index contributed by atoms with van der Waals surface area (Å²) in [5.74, 6) is -0.637. The SMILES string of the molecule is [C-]#[N+]c1cc2c(cc1Cl)N(CC)/C(=C\C=C\c1sc3ccc4ccccc4c3[n+]1CCCS(=O)(=O)O)N2CS(=O)(=O)O. The normalized spacial score (nSPS) is 14.9. The predicted octanol–water partition coefficient (Wildman–Crippen LogP) is 5.87. The van der Waals surface area contributed by atoms with E-state index >= 15 is 0 Å². The Morgan fingerprint density at radius 1 is 1.05 bits per heavy atom. The van der Waals surface area contributed by atoms with Gasteiger partial charge in [0, 0.05) is 24.1 Å². The zero-order chi connectivity index (χ0) is 30.2. The van der Waals surface area contributed by atoms with E-state index in [1.165, 1.54) is 22.3 Å². The minimum absolute atomic E-state index is 0.159. The lowest BCUT2D eigenvalue weighted by Gasteiger charge is -2.23. The number of aryl methyl sites for hydroxylation is 1. The number of anilines is 2. The number of hydrogen-bond acceptors (Lipinski definition) is 7. The van der Waals surface area contributed by atoms with Gasteiger partial charge in [-0.25, -0.2) is 4.85 Å². The molecule has 3 aromatic carbocycles. The highest BCUT2D eigenvalue weighted by Gasteiger charge is 2.33. The average Bonchev–Trinajstić information content (AvgIpc) is 3.41. The Kier molecular flexibility index (Phi) is 8.30. The third-order valence-electron chi connectivity index (χ3n) is 6.79. The maximum Gasteiger partial charge on any atom is 0.283 e. The lowest BCUT2D eigenvalue weighted by atomic mass is 10.1. The van der Waals surface area contributed by atoms with Crippen molar-refractivity contribution in [1.29, 1.82) is 0 Å². The van der Waals surface area contributed by atoms with Crippen molar-refractivity contribution in [3.05, 3.63) is 88.0 Å². The molecule has 0 spiro atoms. The maximum absolute atomic E-state index is 12.0. The molecule has 42 heavy (non-hydrogen) atoms. The van der Waals surface area contributed by atoms with Crippen LogP contribution in [0.15, 0.2) is 66.5 Å². The lowest BCUT2D eigenvalue weighted by molar-refractivity contribution is -0.667. The van der Waals surface area contributed by atoms with E-state index in [4.69, 9.17) is 18.2 Å². The number of benzene rings is 3. The second-order valence-corrected chi connectivity index (χ2v) is 14.0. The minimum Gasteiger partial charge on any atom is -0.326 e. The molecule has 0 unspecified atom stereocenters. The van der Waals surface area contributed by atoms with Gasteiger partial charge in [0.05, 0.1) is 29.1 Å². The summed E-state index contributed by atoms with van der Waals surface area (Å²) in [5.41, 5.74) is 2.13. The van der Waals surface area contributed by atoms with Gasteiger partial charge in [-0.3, -0.25) is 9.11 Å². The molecule has 0 bridgehead atoms. The third-order valence-corrected chi connectivity index (χ3v) is 9.60. The molecule has 0 saturated carbocycles. The molecule has 4 aromatic rings. The summed E-state index contributed by atoms with van der Waals surface area (Å²) in [5, 5.41) is 3.08. The first-order chi connectivity index (χ1) is 19.9. The average molecular weight is 646 g/mol. The summed E-state index contributed by atoms with van der Waals surface area (Å²) in [6.45, 7) is 10.1. The van der Waals surface area contributed by atoms with Gasteiger partial charge in [0.15, 0.2) is 12.4 Å². The van der Waals surface area contributed by atoms with Crippen molar-refractivity contribution in [3.8, 4) is 0 Å². The van der Waals surface area contributed by atoms with Crippen molar-refractivity contribution in [2.75, 3.05) is 28.0 Å². The zero-order valence-corrected chi connectivity index (χ0v) is 25.5. The van der Waals surface area contributed by atoms with Crippen LogP contribution >= 0.6 is 22.9 Å². The molecular weight excluding hydrogens is 620 g/mol. The molecule has 218 valence electrons. The van der Waals surface area contributed by atoms with E-state index in [0.717, 1.165) is 26.0 Å². The van der Waals surface area contributed by atoms with Crippen molar-refractivity contribution in [2.45, 2.75) is 19.9 Å². The second-order valence-electron chi connectivity index (χ2n) is 9.54. The number of allylic oxidation sites excluding steroid dienone is 2. The van der Waals surface area contributed by atoms with Gasteiger partial charge in [-0.05, 0) is 42.7 Å². The van der Waals surface area contributed by atoms with E-state index < -0.39 is 26.1 Å². The standard InChI is InChI=1S/C28H25ClN4O6S3/c1-3-31-23-16-21(29)22(30-2)17-24(23)33(18-42(37,38)39)26(31)10-6-11-27-32(14-7-15-41(34,35)36)28-20-9-5-4-8-19(20)12-13-25(28)40-27/h4-6,8-13,16-17H,3,7,14-15,18H2,1H3,(H-,34,35,36,37,38,39)/p+1. The van der Waals surface area contributed by atoms with E-state index in [1.54, 1.807) is 18.2 Å². The van der Waals surface area contributed by atoms with E-state index in [2.05, 4.69) is 4.85 Å². The Balaban J connectivity index is 1.60. The number of thiazole rings is 1. The smallest absolute Gasteiger partial charge is 0.283 e. The van der Waals surface area contributed by atoms with Crippen molar-refractivity contribution in [1.82, 2.24) is 0 Å². The van der Waals surface area contributed by atoms with Crippen LogP contribution in [0.25, 0.3) is 31.9 Å². The molecule has 0 radical (unpaired) electrons. The first kappa shape index (κ1) is 30.0. The van der Waals surface area contributed by atoms with Gasteiger partial charge in [0.25, 0.3) is 25.2 Å². The number of fused-ring (bicyclic) bond motifs is 4. The monoisotopic (exact) mass is 645 g/mol. The Hall–Kier alpha value is -3.51. The van der Waals surface area contributed by atoms with Crippen LogP contribution in [0.2, 0.25) is 5.02 Å². The van der Waals surface area contributed by atoms with Crippen molar-refractivity contribution >= 4 is 87.3 Å². The number of nitrogens with zero attached hydrogens (tertiary/aromatic N) is 4. The van der Waals surface area contributed by atoms with E-state index in [1.807, 2.05) is 58.9 Å². The zero-order valence-electron chi connectivity index (χ0n) is 22.3. The summed E-state index contributed by atoms with van der Waals surface area (Å²) in [6.07, 6.45) is 5.52. The molecule has 14 heteroatoms. The molecule has 1 aliphatic rings. The molecule has 0 aliphatic carbocycles. The van der Waals surface area contributed by atoms with Crippen molar-refractivity contribution in [2.24, 2.45) is 0 Å². The van der Waals surface area contributed by atoms with Gasteiger partial charge in [0.2, 0.25) is 11.2 Å². The Bertz CT molecular complexity index is 2030. The molecule has 1 aliphatic heterocycles. The summed E-state index contributed by atoms with van der Waals surface area (Å²) in [7, 11) is -8.56. The molecule has 0 amide bonds. The highest BCUT2D eigenvalue weighted by atomic mass is 35.5. The van der Waals surface area contributed by atoms with Gasteiger partial charge in [0.1, 0.15) is 10.5 Å². The van der Waals surface area contributed by atoms with Crippen LogP contribution in [-0.4, -0.2) is 44.1 Å². The van der Waals surface area contributed by atoms with Crippen LogP contribution in [0.5, 0.6) is 0 Å². The van der Waals surface area contributed by atoms with Gasteiger partial charge in [-0.1, -0.05) is 53.3 Å². The molecular formula is C28H26ClN4O6S3+. The number of hydrogen-bond donors (Lipinski definition) is 2. The topological polar surface area (TPSA) is 123 Å². The molecule has 0 fully saturated rings. The fraction of sp³-hybridized carbons (Fsp3) is 0.214. The highest BCUT2D eigenvalue weighted by molar-refractivity contribution is 7.86. The summed E-state index contributed by atoms with van der Waals surface area (Å²) < 4.78 is 68.8. The van der Waals surface area contributed by atoms with Crippen LogP contribution in [-0.2, 0) is 26.8 Å². The Labute approximate surface area is 252 Å². The summed E-state index contributed by atoms with van der Waals surface area (Å²) in [6, 6.07) is 15.0. The quantitative estimate of drug-likeness (QED) is 0.132. The summed E-state index contributed by atoms with van der Waals surface area (Å²) >= 11 is 7.81. The molecule has 5 rings (SSSR count). The number of aromatic nitrogens is 1. The molecule has 2 N–H and O–H groups in total. The van der Waals surface area contributed by atoms with Crippen LogP contribution in [0, 0.1) is 6.57 Å². The largest absolute Gasteiger partial charge is 0.326 e. The Morgan fingerprint density at radius 2 is 1.79 bits per heavy atom. The lowest BCUT2D eigenvalue weighted by Crippen LogP contribution is -2.36. The van der Waals surface area contributed by atoms with E-state index in [9.17, 15) is 25.9 Å². The maximum atomic E-state index is 12.0. The molecule has 1 aromatic heterocycles. The van der Waals surface area contributed by atoms with Gasteiger partial charge in [-0.15, -0.1) is 0 Å². The van der Waals surface area contributed by atoms with Gasteiger partial charge >= 0.3 is 0 Å². The molecule has 2 heterocycles. The second kappa shape index (κ2) is 11.6. The van der Waals surface area contributed by atoms with Crippen LogP contribution in [0.1, 0.15) is 18.4 Å². The van der Waals surface area contributed by atoms with Crippen LogP contribution in [0.3, 0.4) is 0 Å². The molecule has 0 saturated heterocycles. The fourth-order valence-corrected chi connectivity index (χ4v) is 7.51. The third kappa shape index (κ3) is 6.14. The van der Waals surface area contributed by atoms with Crippen LogP contribution < -0.4 is 14.4 Å². The van der Waals surface area contributed by atoms with E-state index in [-0.39, 0.29) is 22.9 Å². The van der Waals surface area contributed by atoms with Crippen LogP contribution in [0.4, 0.5) is 17.1 Å². The van der Waals surface area contributed by atoms with Crippen molar-refractivity contribution < 1.29 is 30.5 Å². The molecule has 10 nitrogen and oxygen atoms in total. The summed E-state index contributed by atoms with van der Waals surface area (Å²) in [4.78, 5) is 6.68. The van der Waals surface area contributed by atoms with E-state index in [0.29, 0.717) is 30.3 Å². The predicted molar refractivity (Wildman–Crippen MR) is 167 cm³/mol. The minimum atomic E-state index is -4.44. The number of rotatable bonds is 9. The Morgan fingerprint density at radius 3 is 2.48 bits per heavy atom. The highest BCUT2D eigenvalue weighted by Crippen LogP contribution is 2.46. The van der Waals surface area contributed by atoms with Gasteiger partial charge < -0.3 is 9.80 Å². The first-order valence-electron chi connectivity index (χ1n) is 12.8. The van der Waals surface area contributed by atoms with Crippen molar-refractivity contribution in [3.63, 3.8) is 0 Å². The fourth-order valence-electron chi connectivity index (χ4n) is 5.10.